The molecule has 0 rings (SSSR count). The number of hydrogen-bond acceptors (Lipinski definition) is 0. The first kappa shape index (κ1) is 28.6. The van der Waals surface area contributed by atoms with Gasteiger partial charge in [0, 0.05) is 0 Å². The zero-order valence-corrected chi connectivity index (χ0v) is 19.3. The molecule has 0 N–H and O–H groups in total. The molecule has 24 heavy (non-hydrogen) atoms. The number of quaternary nitrogens is 2. The maximum Gasteiger partial charge on any atom is 0.129 e. The first-order chi connectivity index (χ1) is 10.6. The monoisotopic (exact) mass is 556 g/mol. The summed E-state index contributed by atoms with van der Waals surface area (Å²) >= 11 is 0. The molecule has 138 valence electrons. The van der Waals surface area contributed by atoms with E-state index in [1.165, 1.54) is 0 Å². The maximum absolute atomic E-state index is 3.93. The smallest absolute Gasteiger partial charge is 0.129 e. The Hall–Kier alpha value is -0.180. The van der Waals surface area contributed by atoms with Crippen molar-refractivity contribution in [3.63, 3.8) is 0 Å². The number of hydrogen-bond donors (Lipinski definition) is 0. The standard InChI is InChI=1S/C20H34N2.2HI/c1-7-13-21(14-8-2,15-9-3)19-20-22(16-10-4,17-11-5)18-12-6;;/h7-12H,1-6,13-20H2;2*1H/q+2;;/p-2. The van der Waals surface area contributed by atoms with Gasteiger partial charge in [-0.2, -0.15) is 0 Å². The van der Waals surface area contributed by atoms with Gasteiger partial charge in [-0.1, -0.05) is 39.5 Å². The Morgan fingerprint density at radius 1 is 0.417 bits per heavy atom. The van der Waals surface area contributed by atoms with Gasteiger partial charge in [-0.05, 0) is 36.5 Å². The van der Waals surface area contributed by atoms with E-state index >= 15 is 0 Å². The average molecular weight is 556 g/mol. The van der Waals surface area contributed by atoms with Crippen LogP contribution >= 0.6 is 0 Å². The Labute approximate surface area is 184 Å². The lowest BCUT2D eigenvalue weighted by Gasteiger charge is -2.42. The summed E-state index contributed by atoms with van der Waals surface area (Å²) in [5.41, 5.74) is 0. The van der Waals surface area contributed by atoms with Crippen LogP contribution in [0.3, 0.4) is 0 Å². The van der Waals surface area contributed by atoms with Crippen molar-refractivity contribution in [3.8, 4) is 0 Å². The first-order valence-corrected chi connectivity index (χ1v) is 7.93. The van der Waals surface area contributed by atoms with Gasteiger partial charge in [0.15, 0.2) is 0 Å². The predicted octanol–water partition coefficient (Wildman–Crippen LogP) is -2.26. The molecule has 0 aliphatic heterocycles. The van der Waals surface area contributed by atoms with Crippen LogP contribution < -0.4 is 48.0 Å². The molecule has 0 aromatic rings. The number of rotatable bonds is 15. The lowest BCUT2D eigenvalue weighted by Crippen LogP contribution is -3.00. The molecule has 0 aliphatic carbocycles. The van der Waals surface area contributed by atoms with Gasteiger partial charge in [-0.15, -0.1) is 0 Å². The van der Waals surface area contributed by atoms with E-state index in [0.717, 1.165) is 61.3 Å². The van der Waals surface area contributed by atoms with Crippen LogP contribution in [0.5, 0.6) is 0 Å². The summed E-state index contributed by atoms with van der Waals surface area (Å²) in [4.78, 5) is 0. The van der Waals surface area contributed by atoms with E-state index in [-0.39, 0.29) is 48.0 Å². The van der Waals surface area contributed by atoms with Crippen molar-refractivity contribution < 1.29 is 56.9 Å². The largest absolute Gasteiger partial charge is 1.00 e. The van der Waals surface area contributed by atoms with Crippen molar-refractivity contribution in [1.29, 1.82) is 0 Å². The van der Waals surface area contributed by atoms with Gasteiger partial charge < -0.3 is 56.9 Å². The lowest BCUT2D eigenvalue weighted by atomic mass is 10.2. The van der Waals surface area contributed by atoms with Crippen molar-refractivity contribution in [2.75, 3.05) is 52.4 Å². The van der Waals surface area contributed by atoms with E-state index < -0.39 is 0 Å². The normalized spacial score (nSPS) is 10.5. The SMILES string of the molecule is C=CC[N+](CC=C)(CC=C)CC[N+](CC=C)(CC=C)CC=C.[I-].[I-]. The molecule has 0 saturated heterocycles. The van der Waals surface area contributed by atoms with E-state index in [1.807, 2.05) is 36.5 Å². The summed E-state index contributed by atoms with van der Waals surface area (Å²) < 4.78 is 1.84. The minimum atomic E-state index is 0. The first-order valence-electron chi connectivity index (χ1n) is 7.93. The van der Waals surface area contributed by atoms with Gasteiger partial charge >= 0.3 is 0 Å². The molecule has 0 saturated carbocycles. The molecule has 0 aromatic heterocycles. The molecule has 0 amide bonds. The third-order valence-electron chi connectivity index (χ3n) is 4.15. The van der Waals surface area contributed by atoms with Gasteiger partial charge in [-0.25, -0.2) is 0 Å². The van der Waals surface area contributed by atoms with Crippen molar-refractivity contribution in [2.45, 2.75) is 0 Å². The fourth-order valence-electron chi connectivity index (χ4n) is 3.06. The summed E-state index contributed by atoms with van der Waals surface area (Å²) in [6.45, 7) is 31.2. The van der Waals surface area contributed by atoms with Crippen LogP contribution in [0.4, 0.5) is 0 Å². The van der Waals surface area contributed by atoms with Gasteiger partial charge in [-0.3, -0.25) is 0 Å². The fraction of sp³-hybridized carbons (Fsp3) is 0.400. The van der Waals surface area contributed by atoms with E-state index in [4.69, 9.17) is 0 Å². The van der Waals surface area contributed by atoms with Gasteiger partial charge in [0.1, 0.15) is 13.1 Å². The van der Waals surface area contributed by atoms with Crippen molar-refractivity contribution in [2.24, 2.45) is 0 Å². The van der Waals surface area contributed by atoms with E-state index in [1.54, 1.807) is 0 Å². The summed E-state index contributed by atoms with van der Waals surface area (Å²) in [6, 6.07) is 0. The quantitative estimate of drug-likeness (QED) is 0.122. The third kappa shape index (κ3) is 9.96. The average Bonchev–Trinajstić information content (AvgIpc) is 2.47. The molecule has 0 radical (unpaired) electrons. The minimum absolute atomic E-state index is 0. The number of halogens is 2. The van der Waals surface area contributed by atoms with Crippen LogP contribution in [0, 0.1) is 0 Å². The van der Waals surface area contributed by atoms with E-state index in [0.29, 0.717) is 0 Å². The highest BCUT2D eigenvalue weighted by molar-refractivity contribution is 4.79. The van der Waals surface area contributed by atoms with Crippen molar-refractivity contribution in [3.05, 3.63) is 75.9 Å². The molecule has 2 nitrogen and oxygen atoms in total. The second kappa shape index (κ2) is 16.3. The number of nitrogens with zero attached hydrogens (tertiary/aromatic N) is 2. The fourth-order valence-corrected chi connectivity index (χ4v) is 3.06. The summed E-state index contributed by atoms with van der Waals surface area (Å²) in [6.07, 6.45) is 12.0. The molecule has 0 aromatic carbocycles. The molecule has 0 aliphatic rings. The summed E-state index contributed by atoms with van der Waals surface area (Å²) in [5, 5.41) is 0. The Balaban J connectivity index is -0.00000220. The highest BCUT2D eigenvalue weighted by Crippen LogP contribution is 2.14. The molecule has 0 spiro atoms. The second-order valence-corrected chi connectivity index (χ2v) is 5.96. The zero-order valence-electron chi connectivity index (χ0n) is 15.0. The molecule has 0 heterocycles. The minimum Gasteiger partial charge on any atom is -1.00 e. The highest BCUT2D eigenvalue weighted by atomic mass is 127. The Morgan fingerprint density at radius 2 is 0.583 bits per heavy atom. The van der Waals surface area contributed by atoms with Crippen LogP contribution in [-0.2, 0) is 0 Å². The molecule has 0 unspecified atom stereocenters. The summed E-state index contributed by atoms with van der Waals surface area (Å²) in [5.74, 6) is 0. The molecule has 4 heteroatoms. The van der Waals surface area contributed by atoms with E-state index in [2.05, 4.69) is 39.5 Å². The van der Waals surface area contributed by atoms with Crippen LogP contribution in [0.15, 0.2) is 75.9 Å². The zero-order chi connectivity index (χ0) is 16.9. The van der Waals surface area contributed by atoms with Gasteiger partial charge in [0.05, 0.1) is 39.3 Å². The molecule has 0 atom stereocenters. The van der Waals surface area contributed by atoms with Crippen molar-refractivity contribution >= 4 is 0 Å². The maximum atomic E-state index is 3.93. The summed E-state index contributed by atoms with van der Waals surface area (Å²) in [7, 11) is 0. The Bertz CT molecular complexity index is 311. The van der Waals surface area contributed by atoms with Crippen molar-refractivity contribution in [1.82, 2.24) is 0 Å². The van der Waals surface area contributed by atoms with E-state index in [9.17, 15) is 0 Å². The highest BCUT2D eigenvalue weighted by Gasteiger charge is 2.30. The van der Waals surface area contributed by atoms with Crippen LogP contribution in [0.1, 0.15) is 0 Å². The van der Waals surface area contributed by atoms with Crippen LogP contribution in [0.2, 0.25) is 0 Å². The second-order valence-electron chi connectivity index (χ2n) is 5.96. The van der Waals surface area contributed by atoms with Gasteiger partial charge in [0.25, 0.3) is 0 Å². The topological polar surface area (TPSA) is 0 Å². The molecule has 0 fully saturated rings. The third-order valence-corrected chi connectivity index (χ3v) is 4.15. The molecule has 0 bridgehead atoms. The Kier molecular flexibility index (Phi) is 19.4. The Morgan fingerprint density at radius 3 is 0.708 bits per heavy atom. The molecular formula is C20H34I2N2. The lowest BCUT2D eigenvalue weighted by molar-refractivity contribution is -0.966. The van der Waals surface area contributed by atoms with Crippen LogP contribution in [0.25, 0.3) is 0 Å². The molecular weight excluding hydrogens is 522 g/mol. The van der Waals surface area contributed by atoms with Crippen LogP contribution in [-0.4, -0.2) is 61.3 Å². The van der Waals surface area contributed by atoms with Gasteiger partial charge in [0.2, 0.25) is 0 Å². The predicted molar refractivity (Wildman–Crippen MR) is 101 cm³/mol.